The van der Waals surface area contributed by atoms with Crippen LogP contribution in [0.2, 0.25) is 0 Å². The summed E-state index contributed by atoms with van der Waals surface area (Å²) in [7, 11) is 0. The van der Waals surface area contributed by atoms with E-state index in [4.69, 9.17) is 0 Å². The maximum Gasteiger partial charge on any atom is 0.147 e. The monoisotopic (exact) mass is 236 g/mol. The first-order chi connectivity index (χ1) is 7.63. The van der Waals surface area contributed by atoms with E-state index in [0.717, 1.165) is 17.7 Å². The topological polar surface area (TPSA) is 17.1 Å². The Bertz CT molecular complexity index is 358. The number of benzene rings is 1. The van der Waals surface area contributed by atoms with Crippen LogP contribution in [-0.2, 0) is 11.2 Å². The Morgan fingerprint density at radius 2 is 2.00 bits per heavy atom. The first kappa shape index (κ1) is 13.3. The molecule has 1 nitrogen and oxygen atoms in total. The molecule has 0 saturated heterocycles. The fourth-order valence-electron chi connectivity index (χ4n) is 1.52. The zero-order valence-electron chi connectivity index (χ0n) is 10.4. The van der Waals surface area contributed by atoms with Crippen LogP contribution in [0.5, 0.6) is 0 Å². The van der Waals surface area contributed by atoms with E-state index in [0.29, 0.717) is 18.0 Å². The van der Waals surface area contributed by atoms with Crippen LogP contribution in [-0.4, -0.2) is 17.3 Å². The molecule has 1 aromatic carbocycles. The third-order valence-corrected chi connectivity index (χ3v) is 3.81. The lowest BCUT2D eigenvalue weighted by Crippen LogP contribution is -2.06. The van der Waals surface area contributed by atoms with Crippen molar-refractivity contribution in [1.82, 2.24) is 0 Å². The minimum absolute atomic E-state index is 0.335. The maximum absolute atomic E-state index is 11.7. The molecule has 0 aromatic heterocycles. The van der Waals surface area contributed by atoms with Gasteiger partial charge in [0, 0.05) is 6.42 Å². The molecule has 0 aliphatic carbocycles. The fraction of sp³-hybridized carbons (Fsp3) is 0.500. The van der Waals surface area contributed by atoms with E-state index < -0.39 is 0 Å². The molecule has 0 unspecified atom stereocenters. The highest BCUT2D eigenvalue weighted by Gasteiger charge is 2.04. The van der Waals surface area contributed by atoms with Gasteiger partial charge in [-0.2, -0.15) is 11.8 Å². The van der Waals surface area contributed by atoms with Gasteiger partial charge in [-0.3, -0.25) is 4.79 Å². The van der Waals surface area contributed by atoms with Crippen molar-refractivity contribution in [1.29, 1.82) is 0 Å². The Hall–Kier alpha value is -0.760. The molecule has 16 heavy (non-hydrogen) atoms. The molecule has 0 radical (unpaired) electrons. The number of ketones is 1. The van der Waals surface area contributed by atoms with Crippen molar-refractivity contribution >= 4 is 17.5 Å². The van der Waals surface area contributed by atoms with Gasteiger partial charge < -0.3 is 0 Å². The highest BCUT2D eigenvalue weighted by molar-refractivity contribution is 7.99. The van der Waals surface area contributed by atoms with Crippen LogP contribution in [0.3, 0.4) is 0 Å². The van der Waals surface area contributed by atoms with Crippen molar-refractivity contribution in [2.45, 2.75) is 33.6 Å². The molecular formula is C14H20OS. The first-order valence-electron chi connectivity index (χ1n) is 5.79. The lowest BCUT2D eigenvalue weighted by molar-refractivity contribution is -0.116. The van der Waals surface area contributed by atoms with Crippen molar-refractivity contribution in [2.24, 2.45) is 0 Å². The molecule has 88 valence electrons. The molecule has 0 atom stereocenters. The third kappa shape index (κ3) is 4.40. The van der Waals surface area contributed by atoms with Gasteiger partial charge in [-0.25, -0.2) is 0 Å². The largest absolute Gasteiger partial charge is 0.298 e. The molecule has 0 spiro atoms. The molecule has 0 N–H and O–H groups in total. The number of Topliss-reactive ketones (excluding diaryl/α,β-unsaturated/α-hetero) is 1. The standard InChI is InChI=1S/C14H20OS/c1-4-7-16-10-14(15)9-13-6-5-11(2)12(3)8-13/h5-6,8H,4,7,9-10H2,1-3H3. The predicted molar refractivity (Wildman–Crippen MR) is 72.2 cm³/mol. The molecule has 0 fully saturated rings. The number of carbonyl (C=O) groups excluding carboxylic acids is 1. The summed E-state index contributed by atoms with van der Waals surface area (Å²) in [6.07, 6.45) is 1.72. The summed E-state index contributed by atoms with van der Waals surface area (Å²) in [4.78, 5) is 11.7. The van der Waals surface area contributed by atoms with Crippen LogP contribution in [0.15, 0.2) is 18.2 Å². The predicted octanol–water partition coefficient (Wildman–Crippen LogP) is 3.56. The van der Waals surface area contributed by atoms with Crippen LogP contribution in [0.1, 0.15) is 30.0 Å². The minimum Gasteiger partial charge on any atom is -0.298 e. The average Bonchev–Trinajstić information content (AvgIpc) is 2.24. The molecular weight excluding hydrogens is 216 g/mol. The van der Waals surface area contributed by atoms with Crippen molar-refractivity contribution in [2.75, 3.05) is 11.5 Å². The summed E-state index contributed by atoms with van der Waals surface area (Å²) in [5, 5.41) is 0. The van der Waals surface area contributed by atoms with Gasteiger partial charge in [0.2, 0.25) is 0 Å². The Morgan fingerprint density at radius 3 is 2.62 bits per heavy atom. The van der Waals surface area contributed by atoms with Crippen molar-refractivity contribution in [3.8, 4) is 0 Å². The van der Waals surface area contributed by atoms with Crippen LogP contribution in [0.4, 0.5) is 0 Å². The lowest BCUT2D eigenvalue weighted by atomic mass is 10.0. The van der Waals surface area contributed by atoms with Gasteiger partial charge in [0.25, 0.3) is 0 Å². The number of aryl methyl sites for hydroxylation is 2. The third-order valence-electron chi connectivity index (χ3n) is 2.58. The van der Waals surface area contributed by atoms with E-state index in [9.17, 15) is 4.79 Å². The van der Waals surface area contributed by atoms with E-state index >= 15 is 0 Å². The molecule has 0 saturated carbocycles. The van der Waals surface area contributed by atoms with E-state index in [2.05, 4.69) is 39.0 Å². The van der Waals surface area contributed by atoms with E-state index in [-0.39, 0.29) is 0 Å². The fourth-order valence-corrected chi connectivity index (χ4v) is 2.29. The summed E-state index contributed by atoms with van der Waals surface area (Å²) in [6, 6.07) is 6.28. The second-order valence-electron chi connectivity index (χ2n) is 4.19. The zero-order chi connectivity index (χ0) is 12.0. The van der Waals surface area contributed by atoms with Crippen molar-refractivity contribution in [3.05, 3.63) is 34.9 Å². The van der Waals surface area contributed by atoms with E-state index in [1.165, 1.54) is 11.1 Å². The zero-order valence-corrected chi connectivity index (χ0v) is 11.2. The van der Waals surface area contributed by atoms with Gasteiger partial charge in [0.05, 0.1) is 5.75 Å². The molecule has 2 heteroatoms. The van der Waals surface area contributed by atoms with Crippen LogP contribution in [0.25, 0.3) is 0 Å². The molecule has 1 aromatic rings. The molecule has 0 heterocycles. The summed E-state index contributed by atoms with van der Waals surface area (Å²) >= 11 is 1.74. The summed E-state index contributed by atoms with van der Waals surface area (Å²) < 4.78 is 0. The van der Waals surface area contributed by atoms with Gasteiger partial charge >= 0.3 is 0 Å². The number of thioether (sulfide) groups is 1. The Balaban J connectivity index is 2.46. The smallest absolute Gasteiger partial charge is 0.147 e. The SMILES string of the molecule is CCCSCC(=O)Cc1ccc(C)c(C)c1. The molecule has 0 amide bonds. The Labute approximate surface area is 103 Å². The maximum atomic E-state index is 11.7. The summed E-state index contributed by atoms with van der Waals surface area (Å²) in [5.74, 6) is 2.07. The Kier molecular flexibility index (Phi) is 5.61. The van der Waals surface area contributed by atoms with Gasteiger partial charge in [0.15, 0.2) is 0 Å². The Morgan fingerprint density at radius 1 is 1.25 bits per heavy atom. The van der Waals surface area contributed by atoms with Crippen molar-refractivity contribution < 1.29 is 4.79 Å². The second kappa shape index (κ2) is 6.74. The second-order valence-corrected chi connectivity index (χ2v) is 5.29. The van der Waals surface area contributed by atoms with Gasteiger partial charge in [-0.1, -0.05) is 25.1 Å². The number of hydrogen-bond acceptors (Lipinski definition) is 2. The van der Waals surface area contributed by atoms with Gasteiger partial charge in [-0.05, 0) is 42.7 Å². The minimum atomic E-state index is 0.335. The quantitative estimate of drug-likeness (QED) is 0.703. The van der Waals surface area contributed by atoms with Crippen LogP contribution < -0.4 is 0 Å². The van der Waals surface area contributed by atoms with Gasteiger partial charge in [0.1, 0.15) is 5.78 Å². The lowest BCUT2D eigenvalue weighted by Gasteiger charge is -2.04. The molecule has 0 bridgehead atoms. The molecule has 0 aliphatic rings. The van der Waals surface area contributed by atoms with E-state index in [1.807, 2.05) is 0 Å². The van der Waals surface area contributed by atoms with Gasteiger partial charge in [-0.15, -0.1) is 0 Å². The van der Waals surface area contributed by atoms with E-state index in [1.54, 1.807) is 11.8 Å². The summed E-state index contributed by atoms with van der Waals surface area (Å²) in [6.45, 7) is 6.33. The number of rotatable bonds is 6. The number of carbonyl (C=O) groups is 1. The highest BCUT2D eigenvalue weighted by Crippen LogP contribution is 2.12. The first-order valence-corrected chi connectivity index (χ1v) is 6.94. The number of hydrogen-bond donors (Lipinski definition) is 0. The summed E-state index contributed by atoms with van der Waals surface area (Å²) in [5.41, 5.74) is 3.70. The molecule has 0 aliphatic heterocycles. The highest BCUT2D eigenvalue weighted by atomic mass is 32.2. The van der Waals surface area contributed by atoms with Crippen LogP contribution >= 0.6 is 11.8 Å². The van der Waals surface area contributed by atoms with Crippen molar-refractivity contribution in [3.63, 3.8) is 0 Å². The average molecular weight is 236 g/mol. The van der Waals surface area contributed by atoms with Crippen LogP contribution in [0, 0.1) is 13.8 Å². The normalized spacial score (nSPS) is 10.4. The molecule has 1 rings (SSSR count).